The van der Waals surface area contributed by atoms with Gasteiger partial charge in [-0.1, -0.05) is 13.8 Å². The Balaban J connectivity index is 1.95. The third-order valence-electron chi connectivity index (χ3n) is 3.28. The first-order chi connectivity index (χ1) is 8.66. The maximum Gasteiger partial charge on any atom is 0.0333 e. The predicted octanol–water partition coefficient (Wildman–Crippen LogP) is 2.78. The molecule has 0 aliphatic carbocycles. The van der Waals surface area contributed by atoms with E-state index < -0.39 is 0 Å². The Morgan fingerprint density at radius 3 is 2.61 bits per heavy atom. The summed E-state index contributed by atoms with van der Waals surface area (Å²) in [6, 6.07) is 6.37. The number of aromatic nitrogens is 2. The molecular weight excluding hydrogens is 222 g/mol. The fourth-order valence-corrected chi connectivity index (χ4v) is 1.99. The monoisotopic (exact) mass is 243 g/mol. The van der Waals surface area contributed by atoms with E-state index in [9.17, 15) is 0 Å². The summed E-state index contributed by atoms with van der Waals surface area (Å²) in [6.45, 7) is 5.28. The number of hydrogen-bond donors (Lipinski definition) is 1. The molecule has 0 spiro atoms. The van der Waals surface area contributed by atoms with Gasteiger partial charge in [-0.05, 0) is 41.7 Å². The lowest BCUT2D eigenvalue weighted by molar-refractivity contribution is 0.513. The molecule has 0 aromatic carbocycles. The van der Waals surface area contributed by atoms with Crippen molar-refractivity contribution in [3.8, 4) is 0 Å². The number of rotatable bonds is 5. The van der Waals surface area contributed by atoms with Crippen molar-refractivity contribution in [3.63, 3.8) is 0 Å². The van der Waals surface area contributed by atoms with Crippen LogP contribution in [-0.2, 0) is 13.0 Å². The second-order valence-electron chi connectivity index (χ2n) is 5.06. The highest BCUT2D eigenvalue weighted by Crippen LogP contribution is 2.19. The van der Waals surface area contributed by atoms with Crippen LogP contribution >= 0.6 is 0 Å². The minimum Gasteiger partial charge on any atom is -0.354 e. The third kappa shape index (κ3) is 3.20. The summed E-state index contributed by atoms with van der Waals surface area (Å²) in [5.74, 6) is 0.473. The van der Waals surface area contributed by atoms with Crippen LogP contribution in [0.2, 0.25) is 0 Å². The minimum atomic E-state index is 0.132. The van der Waals surface area contributed by atoms with E-state index in [0.29, 0.717) is 5.92 Å². The zero-order chi connectivity index (χ0) is 13.0. The summed E-state index contributed by atoms with van der Waals surface area (Å²) in [5, 5.41) is 0. The molecule has 0 saturated carbocycles. The Bertz CT molecular complexity index is 473. The average Bonchev–Trinajstić information content (AvgIpc) is 2.85. The van der Waals surface area contributed by atoms with Crippen LogP contribution in [0.1, 0.15) is 31.0 Å². The van der Waals surface area contributed by atoms with E-state index in [1.807, 2.05) is 12.4 Å². The smallest absolute Gasteiger partial charge is 0.0333 e. The van der Waals surface area contributed by atoms with Gasteiger partial charge >= 0.3 is 0 Å². The van der Waals surface area contributed by atoms with Crippen LogP contribution in [0, 0.1) is 5.92 Å². The second-order valence-corrected chi connectivity index (χ2v) is 5.06. The third-order valence-corrected chi connectivity index (χ3v) is 3.28. The van der Waals surface area contributed by atoms with E-state index in [0.717, 1.165) is 13.0 Å². The normalized spacial score (nSPS) is 12.9. The van der Waals surface area contributed by atoms with E-state index in [4.69, 9.17) is 5.73 Å². The van der Waals surface area contributed by atoms with E-state index in [1.165, 1.54) is 11.1 Å². The van der Waals surface area contributed by atoms with E-state index in [-0.39, 0.29) is 6.04 Å². The molecular formula is C15H21N3. The van der Waals surface area contributed by atoms with Gasteiger partial charge in [0.15, 0.2) is 0 Å². The van der Waals surface area contributed by atoms with Gasteiger partial charge in [0.05, 0.1) is 0 Å². The van der Waals surface area contributed by atoms with Gasteiger partial charge in [0.25, 0.3) is 0 Å². The highest BCUT2D eigenvalue weighted by molar-refractivity contribution is 5.16. The molecule has 0 aliphatic rings. The van der Waals surface area contributed by atoms with Crippen LogP contribution < -0.4 is 5.73 Å². The molecule has 2 aromatic rings. The van der Waals surface area contributed by atoms with Gasteiger partial charge in [0.1, 0.15) is 0 Å². The van der Waals surface area contributed by atoms with E-state index in [1.54, 1.807) is 0 Å². The molecule has 3 nitrogen and oxygen atoms in total. The molecule has 96 valence electrons. The number of nitrogens with two attached hydrogens (primary N) is 1. The van der Waals surface area contributed by atoms with Crippen LogP contribution in [-0.4, -0.2) is 9.55 Å². The molecule has 0 saturated heterocycles. The number of hydrogen-bond acceptors (Lipinski definition) is 2. The molecule has 0 radical (unpaired) electrons. The first-order valence-corrected chi connectivity index (χ1v) is 6.47. The van der Waals surface area contributed by atoms with E-state index in [2.05, 4.69) is 54.0 Å². The van der Waals surface area contributed by atoms with Gasteiger partial charge in [-0.25, -0.2) is 0 Å². The Morgan fingerprint density at radius 2 is 1.94 bits per heavy atom. The lowest BCUT2D eigenvalue weighted by Crippen LogP contribution is -2.15. The van der Waals surface area contributed by atoms with Crippen molar-refractivity contribution in [3.05, 3.63) is 54.1 Å². The van der Waals surface area contributed by atoms with Crippen LogP contribution in [0.3, 0.4) is 0 Å². The van der Waals surface area contributed by atoms with Crippen molar-refractivity contribution in [2.24, 2.45) is 11.7 Å². The molecule has 2 heterocycles. The predicted molar refractivity (Wildman–Crippen MR) is 74.1 cm³/mol. The van der Waals surface area contributed by atoms with Crippen LogP contribution in [0.25, 0.3) is 0 Å². The summed E-state index contributed by atoms with van der Waals surface area (Å²) in [5.41, 5.74) is 8.67. The van der Waals surface area contributed by atoms with Gasteiger partial charge < -0.3 is 10.3 Å². The van der Waals surface area contributed by atoms with Gasteiger partial charge in [-0.15, -0.1) is 0 Å². The molecule has 3 heteroatoms. The molecule has 0 fully saturated rings. The molecule has 0 aliphatic heterocycles. The van der Waals surface area contributed by atoms with E-state index >= 15 is 0 Å². The number of aryl methyl sites for hydroxylation is 2. The SMILES string of the molecule is CC(C)C(N)c1ccn(CCc2ccncc2)c1. The summed E-state index contributed by atoms with van der Waals surface area (Å²) in [7, 11) is 0. The maximum atomic E-state index is 6.14. The summed E-state index contributed by atoms with van der Waals surface area (Å²) < 4.78 is 2.21. The lowest BCUT2D eigenvalue weighted by atomic mass is 10.00. The van der Waals surface area contributed by atoms with Crippen molar-refractivity contribution < 1.29 is 0 Å². The zero-order valence-corrected chi connectivity index (χ0v) is 11.1. The Kier molecular flexibility index (Phi) is 4.15. The topological polar surface area (TPSA) is 43.8 Å². The molecule has 0 amide bonds. The Labute approximate surface area is 109 Å². The van der Waals surface area contributed by atoms with Crippen LogP contribution in [0.4, 0.5) is 0 Å². The minimum absolute atomic E-state index is 0.132. The van der Waals surface area contributed by atoms with Crippen molar-refractivity contribution in [2.75, 3.05) is 0 Å². The molecule has 2 aromatic heterocycles. The number of pyridine rings is 1. The zero-order valence-electron chi connectivity index (χ0n) is 11.1. The largest absolute Gasteiger partial charge is 0.354 e. The van der Waals surface area contributed by atoms with Crippen molar-refractivity contribution in [2.45, 2.75) is 32.9 Å². The van der Waals surface area contributed by atoms with Gasteiger partial charge in [0.2, 0.25) is 0 Å². The van der Waals surface area contributed by atoms with Gasteiger partial charge in [0, 0.05) is 37.4 Å². The van der Waals surface area contributed by atoms with Crippen LogP contribution in [0.15, 0.2) is 43.0 Å². The lowest BCUT2D eigenvalue weighted by Gasteiger charge is -2.13. The van der Waals surface area contributed by atoms with Crippen molar-refractivity contribution >= 4 is 0 Å². The standard InChI is InChI=1S/C15H21N3/c1-12(2)15(16)14-6-10-18(11-14)9-5-13-3-7-17-8-4-13/h3-4,6-8,10-12,15H,5,9,16H2,1-2H3. The highest BCUT2D eigenvalue weighted by atomic mass is 14.9. The molecule has 2 rings (SSSR count). The van der Waals surface area contributed by atoms with Gasteiger partial charge in [-0.2, -0.15) is 0 Å². The fourth-order valence-electron chi connectivity index (χ4n) is 1.99. The highest BCUT2D eigenvalue weighted by Gasteiger charge is 2.11. The molecule has 18 heavy (non-hydrogen) atoms. The fraction of sp³-hybridized carbons (Fsp3) is 0.400. The number of nitrogens with zero attached hydrogens (tertiary/aromatic N) is 2. The Morgan fingerprint density at radius 1 is 1.22 bits per heavy atom. The average molecular weight is 243 g/mol. The van der Waals surface area contributed by atoms with Crippen molar-refractivity contribution in [1.29, 1.82) is 0 Å². The molecule has 2 N–H and O–H groups in total. The quantitative estimate of drug-likeness (QED) is 0.877. The Hall–Kier alpha value is -1.61. The first kappa shape index (κ1) is 12.8. The summed E-state index contributed by atoms with van der Waals surface area (Å²) in [6.07, 6.45) is 8.97. The maximum absolute atomic E-state index is 6.14. The molecule has 0 bridgehead atoms. The van der Waals surface area contributed by atoms with Gasteiger partial charge in [-0.3, -0.25) is 4.98 Å². The molecule has 1 atom stereocenters. The first-order valence-electron chi connectivity index (χ1n) is 6.47. The summed E-state index contributed by atoms with van der Waals surface area (Å²) in [4.78, 5) is 4.02. The van der Waals surface area contributed by atoms with Crippen LogP contribution in [0.5, 0.6) is 0 Å². The summed E-state index contributed by atoms with van der Waals surface area (Å²) >= 11 is 0. The second kappa shape index (κ2) is 5.83. The molecule has 1 unspecified atom stereocenters. The van der Waals surface area contributed by atoms with Crippen molar-refractivity contribution in [1.82, 2.24) is 9.55 Å².